The highest BCUT2D eigenvalue weighted by Gasteiger charge is 2.42. The van der Waals surface area contributed by atoms with E-state index in [1.165, 1.54) is 5.56 Å². The lowest BCUT2D eigenvalue weighted by Crippen LogP contribution is -2.27. The normalized spacial score (nSPS) is 20.9. The summed E-state index contributed by atoms with van der Waals surface area (Å²) in [7, 11) is 0. The van der Waals surface area contributed by atoms with Gasteiger partial charge in [-0.1, -0.05) is 42.1 Å². The molecule has 0 fully saturated rings. The Bertz CT molecular complexity index is 560. The third-order valence-corrected chi connectivity index (χ3v) is 4.67. The third kappa shape index (κ3) is 1.68. The number of imidazole rings is 1. The van der Waals surface area contributed by atoms with Crippen molar-refractivity contribution < 1.29 is 0 Å². The molecule has 1 unspecified atom stereocenters. The van der Waals surface area contributed by atoms with Crippen LogP contribution in [0.5, 0.6) is 0 Å². The van der Waals surface area contributed by atoms with Gasteiger partial charge in [0.1, 0.15) is 0 Å². The fraction of sp³-hybridized carbons (Fsp3) is 0.357. The van der Waals surface area contributed by atoms with Crippen LogP contribution in [0.2, 0.25) is 0 Å². The average Bonchev–Trinajstić information content (AvgIpc) is 2.84. The maximum absolute atomic E-state index is 5.83. The van der Waals surface area contributed by atoms with Crippen LogP contribution < -0.4 is 5.73 Å². The smallest absolute Gasteiger partial charge is 0.169 e. The van der Waals surface area contributed by atoms with Crippen molar-refractivity contribution in [2.24, 2.45) is 5.73 Å². The number of benzene rings is 1. The molecule has 94 valence electrons. The van der Waals surface area contributed by atoms with Gasteiger partial charge in [-0.2, -0.15) is 0 Å². The molecule has 2 aromatic rings. The molecule has 0 saturated carbocycles. The summed E-state index contributed by atoms with van der Waals surface area (Å²) in [5.74, 6) is 0. The molecule has 1 atom stereocenters. The van der Waals surface area contributed by atoms with Gasteiger partial charge in [0.15, 0.2) is 5.16 Å². The molecule has 1 aromatic heterocycles. The zero-order valence-electron chi connectivity index (χ0n) is 10.6. The summed E-state index contributed by atoms with van der Waals surface area (Å²) in [4.78, 5) is 4.48. The molecule has 2 heterocycles. The summed E-state index contributed by atoms with van der Waals surface area (Å²) >= 11 is 1.83. The first-order valence-corrected chi connectivity index (χ1v) is 6.95. The molecule has 0 aliphatic carbocycles. The van der Waals surface area contributed by atoms with E-state index in [4.69, 9.17) is 5.73 Å². The largest absolute Gasteiger partial charge is 0.325 e. The Hall–Kier alpha value is -1.26. The van der Waals surface area contributed by atoms with Crippen molar-refractivity contribution in [3.8, 4) is 0 Å². The van der Waals surface area contributed by atoms with Crippen molar-refractivity contribution >= 4 is 11.8 Å². The van der Waals surface area contributed by atoms with Gasteiger partial charge in [-0.05, 0) is 19.4 Å². The number of aromatic nitrogens is 2. The summed E-state index contributed by atoms with van der Waals surface area (Å²) in [6.45, 7) is 5.07. The van der Waals surface area contributed by atoms with Gasteiger partial charge in [0.25, 0.3) is 0 Å². The van der Waals surface area contributed by atoms with Crippen LogP contribution >= 0.6 is 11.8 Å². The highest BCUT2D eigenvalue weighted by atomic mass is 32.2. The second-order valence-corrected chi connectivity index (χ2v) is 6.75. The van der Waals surface area contributed by atoms with Gasteiger partial charge in [0.2, 0.25) is 0 Å². The van der Waals surface area contributed by atoms with Crippen molar-refractivity contribution in [2.45, 2.75) is 36.3 Å². The SMILES string of the molecule is CC1(C)Sc2ncc(CN)n2C1c1ccccc1. The predicted octanol–water partition coefficient (Wildman–Crippen LogP) is 2.82. The van der Waals surface area contributed by atoms with Crippen LogP contribution in [-0.4, -0.2) is 14.3 Å². The second-order valence-electron chi connectivity index (χ2n) is 5.12. The minimum absolute atomic E-state index is 0.106. The maximum Gasteiger partial charge on any atom is 0.169 e. The number of hydrogen-bond acceptors (Lipinski definition) is 3. The predicted molar refractivity (Wildman–Crippen MR) is 74.6 cm³/mol. The van der Waals surface area contributed by atoms with Crippen molar-refractivity contribution in [1.82, 2.24) is 9.55 Å². The first-order valence-electron chi connectivity index (χ1n) is 6.13. The highest BCUT2D eigenvalue weighted by molar-refractivity contribution is 8.00. The molecule has 3 rings (SSSR count). The van der Waals surface area contributed by atoms with Crippen molar-refractivity contribution in [1.29, 1.82) is 0 Å². The molecule has 0 radical (unpaired) electrons. The molecule has 1 aliphatic heterocycles. The van der Waals surface area contributed by atoms with E-state index >= 15 is 0 Å². The van der Waals surface area contributed by atoms with Crippen LogP contribution in [0.25, 0.3) is 0 Å². The van der Waals surface area contributed by atoms with Gasteiger partial charge in [0, 0.05) is 11.3 Å². The summed E-state index contributed by atoms with van der Waals surface area (Å²) in [6, 6.07) is 10.9. The number of rotatable bonds is 2. The van der Waals surface area contributed by atoms with Crippen LogP contribution in [0.3, 0.4) is 0 Å². The Balaban J connectivity index is 2.15. The Morgan fingerprint density at radius 2 is 2.06 bits per heavy atom. The zero-order valence-corrected chi connectivity index (χ0v) is 11.4. The Labute approximate surface area is 111 Å². The monoisotopic (exact) mass is 259 g/mol. The van der Waals surface area contributed by atoms with E-state index < -0.39 is 0 Å². The molecular formula is C14H17N3S. The van der Waals surface area contributed by atoms with E-state index in [1.54, 1.807) is 0 Å². The fourth-order valence-electron chi connectivity index (χ4n) is 2.67. The van der Waals surface area contributed by atoms with E-state index in [0.29, 0.717) is 12.6 Å². The minimum Gasteiger partial charge on any atom is -0.325 e. The zero-order chi connectivity index (χ0) is 12.8. The van der Waals surface area contributed by atoms with Gasteiger partial charge in [-0.25, -0.2) is 4.98 Å². The maximum atomic E-state index is 5.83. The van der Waals surface area contributed by atoms with Gasteiger partial charge in [-0.3, -0.25) is 0 Å². The lowest BCUT2D eigenvalue weighted by atomic mass is 9.95. The molecule has 1 aromatic carbocycles. The third-order valence-electron chi connectivity index (χ3n) is 3.44. The van der Waals surface area contributed by atoms with E-state index in [9.17, 15) is 0 Å². The summed E-state index contributed by atoms with van der Waals surface area (Å²) in [6.07, 6.45) is 1.90. The van der Waals surface area contributed by atoms with Gasteiger partial charge in [0.05, 0.1) is 17.9 Å². The molecule has 2 N–H and O–H groups in total. The van der Waals surface area contributed by atoms with Gasteiger partial charge >= 0.3 is 0 Å². The molecule has 0 spiro atoms. The quantitative estimate of drug-likeness (QED) is 0.902. The summed E-state index contributed by atoms with van der Waals surface area (Å²) < 4.78 is 2.40. The molecule has 0 amide bonds. The minimum atomic E-state index is 0.106. The van der Waals surface area contributed by atoms with Crippen LogP contribution in [-0.2, 0) is 6.54 Å². The van der Waals surface area contributed by atoms with Gasteiger partial charge < -0.3 is 10.3 Å². The van der Waals surface area contributed by atoms with Crippen molar-refractivity contribution in [3.05, 3.63) is 47.8 Å². The molecule has 18 heavy (non-hydrogen) atoms. The average molecular weight is 259 g/mol. The number of hydrogen-bond donors (Lipinski definition) is 1. The summed E-state index contributed by atoms with van der Waals surface area (Å²) in [5.41, 5.74) is 8.26. The second kappa shape index (κ2) is 4.14. The molecular weight excluding hydrogens is 242 g/mol. The lowest BCUT2D eigenvalue weighted by molar-refractivity contribution is 0.465. The van der Waals surface area contributed by atoms with Gasteiger partial charge in [-0.15, -0.1) is 0 Å². The standard InChI is InChI=1S/C14H17N3S/c1-14(2)12(10-6-4-3-5-7-10)17-11(8-15)9-16-13(17)18-14/h3-7,9,12H,8,15H2,1-2H3. The fourth-order valence-corrected chi connectivity index (χ4v) is 3.92. The Kier molecular flexibility index (Phi) is 2.72. The van der Waals surface area contributed by atoms with E-state index in [0.717, 1.165) is 10.9 Å². The van der Waals surface area contributed by atoms with Crippen LogP contribution in [0.4, 0.5) is 0 Å². The molecule has 3 nitrogen and oxygen atoms in total. The van der Waals surface area contributed by atoms with Crippen molar-refractivity contribution in [2.75, 3.05) is 0 Å². The molecule has 0 bridgehead atoms. The van der Waals surface area contributed by atoms with Crippen LogP contribution in [0.15, 0.2) is 41.7 Å². The van der Waals surface area contributed by atoms with E-state index in [2.05, 4.69) is 53.7 Å². The number of nitrogens with two attached hydrogens (primary N) is 1. The number of fused-ring (bicyclic) bond motifs is 1. The topological polar surface area (TPSA) is 43.8 Å². The lowest BCUT2D eigenvalue weighted by Gasteiger charge is -2.28. The Morgan fingerprint density at radius 3 is 2.72 bits per heavy atom. The van der Waals surface area contributed by atoms with Crippen LogP contribution in [0, 0.1) is 0 Å². The number of nitrogens with zero attached hydrogens (tertiary/aromatic N) is 2. The van der Waals surface area contributed by atoms with E-state index in [-0.39, 0.29) is 4.75 Å². The first-order chi connectivity index (χ1) is 8.63. The van der Waals surface area contributed by atoms with E-state index in [1.807, 2.05) is 18.0 Å². The summed E-state index contributed by atoms with van der Waals surface area (Å²) in [5, 5.41) is 1.08. The molecule has 0 saturated heterocycles. The van der Waals surface area contributed by atoms with Crippen molar-refractivity contribution in [3.63, 3.8) is 0 Å². The van der Waals surface area contributed by atoms with Crippen LogP contribution in [0.1, 0.15) is 31.1 Å². The Morgan fingerprint density at radius 1 is 1.33 bits per heavy atom. The molecule has 1 aliphatic rings. The highest BCUT2D eigenvalue weighted by Crippen LogP contribution is 2.51. The molecule has 4 heteroatoms. The first kappa shape index (κ1) is 11.8. The number of thioether (sulfide) groups is 1.